The Morgan fingerprint density at radius 2 is 2.28 bits per heavy atom. The maximum absolute atomic E-state index is 11.7. The number of carbonyl (C=O) groups excluding carboxylic acids is 2. The Morgan fingerprint density at radius 1 is 1.50 bits per heavy atom. The lowest BCUT2D eigenvalue weighted by Gasteiger charge is -2.30. The smallest absolute Gasteiger partial charge is 0.265 e. The van der Waals surface area contributed by atoms with Crippen LogP contribution in [0.15, 0.2) is 18.2 Å². The average molecular weight is 251 g/mol. The first kappa shape index (κ1) is 12.5. The molecule has 6 nitrogen and oxygen atoms in total. The highest BCUT2D eigenvalue weighted by Gasteiger charge is 2.27. The van der Waals surface area contributed by atoms with Gasteiger partial charge in [-0.15, -0.1) is 0 Å². The Morgan fingerprint density at radius 3 is 2.94 bits per heavy atom. The standard InChI is InChI=1S/C12H13NO5/c14-5-8-1-2-11-10(3-8)13(4-9(16)6-15)12(17)7-18-11/h1-3,5,9,15-16H,4,6-7H2. The molecular weight excluding hydrogens is 238 g/mol. The zero-order valence-electron chi connectivity index (χ0n) is 9.57. The summed E-state index contributed by atoms with van der Waals surface area (Å²) >= 11 is 0. The second-order valence-electron chi connectivity index (χ2n) is 3.97. The molecule has 1 aromatic rings. The van der Waals surface area contributed by atoms with Crippen molar-refractivity contribution in [2.75, 3.05) is 24.7 Å². The molecule has 0 aliphatic carbocycles. The maximum atomic E-state index is 11.7. The van der Waals surface area contributed by atoms with Crippen molar-refractivity contribution in [3.8, 4) is 5.75 Å². The fourth-order valence-corrected chi connectivity index (χ4v) is 1.76. The number of aliphatic hydroxyl groups excluding tert-OH is 2. The molecule has 0 saturated carbocycles. The number of anilines is 1. The molecule has 0 fully saturated rings. The van der Waals surface area contributed by atoms with Gasteiger partial charge in [-0.3, -0.25) is 9.59 Å². The van der Waals surface area contributed by atoms with Gasteiger partial charge >= 0.3 is 0 Å². The Bertz CT molecular complexity index is 474. The van der Waals surface area contributed by atoms with Crippen LogP contribution in [-0.2, 0) is 4.79 Å². The monoisotopic (exact) mass is 251 g/mol. The SMILES string of the molecule is O=Cc1ccc2c(c1)N(CC(O)CO)C(=O)CO2. The van der Waals surface area contributed by atoms with E-state index in [0.717, 1.165) is 0 Å². The summed E-state index contributed by atoms with van der Waals surface area (Å²) in [6, 6.07) is 4.70. The van der Waals surface area contributed by atoms with Gasteiger partial charge in [0.15, 0.2) is 6.61 Å². The van der Waals surface area contributed by atoms with E-state index in [4.69, 9.17) is 9.84 Å². The Labute approximate surface area is 103 Å². The summed E-state index contributed by atoms with van der Waals surface area (Å²) < 4.78 is 5.23. The molecule has 1 heterocycles. The van der Waals surface area contributed by atoms with Crippen LogP contribution in [0.1, 0.15) is 10.4 Å². The van der Waals surface area contributed by atoms with Crippen molar-refractivity contribution in [1.82, 2.24) is 0 Å². The van der Waals surface area contributed by atoms with Crippen molar-refractivity contribution in [1.29, 1.82) is 0 Å². The van der Waals surface area contributed by atoms with Crippen LogP contribution < -0.4 is 9.64 Å². The third-order valence-corrected chi connectivity index (χ3v) is 2.67. The number of rotatable bonds is 4. The Kier molecular flexibility index (Phi) is 3.59. The van der Waals surface area contributed by atoms with Crippen molar-refractivity contribution in [3.05, 3.63) is 23.8 Å². The number of carbonyl (C=O) groups is 2. The van der Waals surface area contributed by atoms with Crippen LogP contribution in [0.4, 0.5) is 5.69 Å². The molecule has 18 heavy (non-hydrogen) atoms. The average Bonchev–Trinajstić information content (AvgIpc) is 2.41. The van der Waals surface area contributed by atoms with Crippen molar-refractivity contribution in [3.63, 3.8) is 0 Å². The van der Waals surface area contributed by atoms with Crippen LogP contribution in [0.5, 0.6) is 5.75 Å². The van der Waals surface area contributed by atoms with Crippen LogP contribution in [0.3, 0.4) is 0 Å². The minimum atomic E-state index is -1.03. The number of nitrogens with zero attached hydrogens (tertiary/aromatic N) is 1. The highest BCUT2D eigenvalue weighted by molar-refractivity contribution is 5.98. The Hall–Kier alpha value is -1.92. The topological polar surface area (TPSA) is 87.1 Å². The molecule has 1 aliphatic heterocycles. The lowest BCUT2D eigenvalue weighted by Crippen LogP contribution is -2.44. The maximum Gasteiger partial charge on any atom is 0.265 e. The Balaban J connectivity index is 2.35. The molecule has 2 N–H and O–H groups in total. The quantitative estimate of drug-likeness (QED) is 0.709. The first-order chi connectivity index (χ1) is 8.65. The first-order valence-electron chi connectivity index (χ1n) is 5.47. The van der Waals surface area contributed by atoms with Gasteiger partial charge in [-0.2, -0.15) is 0 Å². The number of fused-ring (bicyclic) bond motifs is 1. The molecule has 1 aromatic carbocycles. The van der Waals surface area contributed by atoms with E-state index in [1.165, 1.54) is 11.0 Å². The summed E-state index contributed by atoms with van der Waals surface area (Å²) in [6.07, 6.45) is -0.361. The molecule has 0 aromatic heterocycles. The van der Waals surface area contributed by atoms with Gasteiger partial charge in [-0.05, 0) is 18.2 Å². The van der Waals surface area contributed by atoms with Crippen molar-refractivity contribution in [2.24, 2.45) is 0 Å². The predicted molar refractivity (Wildman–Crippen MR) is 62.8 cm³/mol. The molecule has 0 saturated heterocycles. The van der Waals surface area contributed by atoms with Gasteiger partial charge in [0, 0.05) is 5.56 Å². The summed E-state index contributed by atoms with van der Waals surface area (Å²) in [4.78, 5) is 23.8. The molecule has 0 bridgehead atoms. The van der Waals surface area contributed by atoms with Crippen molar-refractivity contribution < 1.29 is 24.5 Å². The van der Waals surface area contributed by atoms with Gasteiger partial charge in [0.25, 0.3) is 5.91 Å². The second kappa shape index (κ2) is 5.16. The number of amides is 1. The molecule has 0 spiro atoms. The number of aldehydes is 1. The van der Waals surface area contributed by atoms with E-state index in [-0.39, 0.29) is 19.1 Å². The number of hydrogen-bond acceptors (Lipinski definition) is 5. The van der Waals surface area contributed by atoms with E-state index in [1.807, 2.05) is 0 Å². The van der Waals surface area contributed by atoms with E-state index >= 15 is 0 Å². The molecular formula is C12H13NO5. The van der Waals surface area contributed by atoms with Gasteiger partial charge in [0.05, 0.1) is 24.9 Å². The van der Waals surface area contributed by atoms with Crippen LogP contribution in [0.25, 0.3) is 0 Å². The lowest BCUT2D eigenvalue weighted by molar-refractivity contribution is -0.121. The molecule has 96 valence electrons. The lowest BCUT2D eigenvalue weighted by atomic mass is 10.1. The molecule has 1 atom stereocenters. The summed E-state index contributed by atoms with van der Waals surface area (Å²) in [7, 11) is 0. The van der Waals surface area contributed by atoms with Crippen molar-refractivity contribution >= 4 is 17.9 Å². The van der Waals surface area contributed by atoms with Gasteiger partial charge in [0.1, 0.15) is 12.0 Å². The van der Waals surface area contributed by atoms with E-state index in [0.29, 0.717) is 23.3 Å². The summed E-state index contributed by atoms with van der Waals surface area (Å²) in [6.45, 7) is -0.590. The van der Waals surface area contributed by atoms with Gasteiger partial charge < -0.3 is 19.8 Å². The number of ether oxygens (including phenoxy) is 1. The van der Waals surface area contributed by atoms with E-state index < -0.39 is 12.7 Å². The molecule has 1 aliphatic rings. The molecule has 1 unspecified atom stereocenters. The van der Waals surface area contributed by atoms with E-state index in [9.17, 15) is 14.7 Å². The van der Waals surface area contributed by atoms with Gasteiger partial charge in [-0.1, -0.05) is 0 Å². The van der Waals surface area contributed by atoms with Crippen LogP contribution >= 0.6 is 0 Å². The normalized spacial score (nSPS) is 15.9. The van der Waals surface area contributed by atoms with Crippen molar-refractivity contribution in [2.45, 2.75) is 6.10 Å². The molecule has 6 heteroatoms. The highest BCUT2D eigenvalue weighted by atomic mass is 16.5. The van der Waals surface area contributed by atoms with E-state index in [2.05, 4.69) is 0 Å². The minimum Gasteiger partial charge on any atom is -0.482 e. The fraction of sp³-hybridized carbons (Fsp3) is 0.333. The number of benzene rings is 1. The van der Waals surface area contributed by atoms with Crippen LogP contribution in [0.2, 0.25) is 0 Å². The molecule has 0 radical (unpaired) electrons. The van der Waals surface area contributed by atoms with Crippen LogP contribution in [-0.4, -0.2) is 48.3 Å². The minimum absolute atomic E-state index is 0.0337. The summed E-state index contributed by atoms with van der Waals surface area (Å²) in [5, 5.41) is 18.3. The summed E-state index contributed by atoms with van der Waals surface area (Å²) in [5.41, 5.74) is 0.846. The zero-order valence-corrected chi connectivity index (χ0v) is 9.57. The largest absolute Gasteiger partial charge is 0.482 e. The van der Waals surface area contributed by atoms with E-state index in [1.54, 1.807) is 12.1 Å². The molecule has 2 rings (SSSR count). The number of aliphatic hydroxyl groups is 2. The zero-order chi connectivity index (χ0) is 13.1. The fourth-order valence-electron chi connectivity index (χ4n) is 1.76. The summed E-state index contributed by atoms with van der Waals surface area (Å²) in [5.74, 6) is 0.156. The van der Waals surface area contributed by atoms with Gasteiger partial charge in [0.2, 0.25) is 0 Å². The second-order valence-corrected chi connectivity index (χ2v) is 3.97. The first-order valence-corrected chi connectivity index (χ1v) is 5.47. The predicted octanol–water partition coefficient (Wildman–Crippen LogP) is -0.422. The third kappa shape index (κ3) is 2.34. The number of hydrogen-bond donors (Lipinski definition) is 2. The van der Waals surface area contributed by atoms with Gasteiger partial charge in [-0.25, -0.2) is 0 Å². The van der Waals surface area contributed by atoms with Crippen LogP contribution in [0, 0.1) is 0 Å². The number of β-amino-alcohol motifs (C(OH)–C–C–N with tert-alkyl or cyclic N) is 1. The molecule has 1 amide bonds. The highest BCUT2D eigenvalue weighted by Crippen LogP contribution is 2.32. The third-order valence-electron chi connectivity index (χ3n) is 2.67.